The fourth-order valence-electron chi connectivity index (χ4n) is 3.03. The second-order valence-electron chi connectivity index (χ2n) is 7.71. The highest BCUT2D eigenvalue weighted by Gasteiger charge is 2.28. The molecule has 0 bridgehead atoms. The predicted octanol–water partition coefficient (Wildman–Crippen LogP) is 3.79. The lowest BCUT2D eigenvalue weighted by molar-refractivity contribution is -0.146. The Labute approximate surface area is 196 Å². The number of esters is 1. The van der Waals surface area contributed by atoms with Crippen LogP contribution < -0.4 is 19.5 Å². The first-order chi connectivity index (χ1) is 16.0. The van der Waals surface area contributed by atoms with Crippen molar-refractivity contribution < 1.29 is 42.1 Å². The van der Waals surface area contributed by atoms with Gasteiger partial charge >= 0.3 is 12.6 Å². The van der Waals surface area contributed by atoms with Gasteiger partial charge in [0, 0.05) is 11.6 Å². The topological polar surface area (TPSA) is 100 Å². The Morgan fingerprint density at radius 2 is 1.59 bits per heavy atom. The Balaban J connectivity index is 2.12. The first-order valence-corrected chi connectivity index (χ1v) is 10.3. The molecule has 8 nitrogen and oxygen atoms in total. The molecule has 1 N–H and O–H groups in total. The number of benzene rings is 2. The van der Waals surface area contributed by atoms with Crippen LogP contribution in [0.15, 0.2) is 36.4 Å². The van der Waals surface area contributed by atoms with Gasteiger partial charge in [-0.2, -0.15) is 8.78 Å². The lowest BCUT2D eigenvalue weighted by Gasteiger charge is -2.21. The zero-order valence-electron chi connectivity index (χ0n) is 19.5. The maximum absolute atomic E-state index is 12.8. The van der Waals surface area contributed by atoms with Crippen LogP contribution in [0, 0.1) is 12.8 Å². The molecule has 2 rings (SSSR count). The SMILES string of the molecule is COc1cc(OC)cc(C(=O)N[C@H](C(=O)OCC(=O)c2cc(C)ccc2OC(F)F)C(C)C)c1. The van der Waals surface area contributed by atoms with Gasteiger partial charge in [-0.3, -0.25) is 9.59 Å². The highest BCUT2D eigenvalue weighted by molar-refractivity contribution is 6.01. The number of Topliss-reactive ketones (excluding diaryl/α,β-unsaturated/α-hetero) is 1. The molecule has 0 radical (unpaired) electrons. The molecule has 2 aromatic rings. The highest BCUT2D eigenvalue weighted by Crippen LogP contribution is 2.24. The van der Waals surface area contributed by atoms with Gasteiger partial charge in [-0.15, -0.1) is 0 Å². The molecule has 0 saturated heterocycles. The van der Waals surface area contributed by atoms with Crippen molar-refractivity contribution in [2.24, 2.45) is 5.92 Å². The van der Waals surface area contributed by atoms with Gasteiger partial charge in [0.15, 0.2) is 6.61 Å². The van der Waals surface area contributed by atoms with E-state index in [1.807, 2.05) is 0 Å². The largest absolute Gasteiger partial charge is 0.497 e. The smallest absolute Gasteiger partial charge is 0.387 e. The number of rotatable bonds is 11. The summed E-state index contributed by atoms with van der Waals surface area (Å²) in [5, 5.41) is 2.59. The standard InChI is InChI=1S/C24H27F2NO7/c1-13(2)21(27-22(29)15-9-16(31-4)11-17(10-15)32-5)23(30)33-12-19(28)18-8-14(3)6-7-20(18)34-24(25)26/h6-11,13,21,24H,12H2,1-5H3,(H,27,29)/t21-/m0/s1. The number of aryl methyl sites for hydroxylation is 1. The van der Waals surface area contributed by atoms with Crippen LogP contribution >= 0.6 is 0 Å². The van der Waals surface area contributed by atoms with Crippen molar-refractivity contribution in [2.45, 2.75) is 33.4 Å². The van der Waals surface area contributed by atoms with E-state index in [4.69, 9.17) is 14.2 Å². The molecule has 0 aromatic heterocycles. The molecule has 0 unspecified atom stereocenters. The Hall–Kier alpha value is -3.69. The van der Waals surface area contributed by atoms with Gasteiger partial charge in [0.1, 0.15) is 23.3 Å². The molecule has 0 spiro atoms. The van der Waals surface area contributed by atoms with Gasteiger partial charge in [-0.05, 0) is 37.1 Å². The average Bonchev–Trinajstić information content (AvgIpc) is 2.80. The zero-order valence-corrected chi connectivity index (χ0v) is 19.5. The van der Waals surface area contributed by atoms with E-state index in [2.05, 4.69) is 10.1 Å². The van der Waals surface area contributed by atoms with Crippen molar-refractivity contribution in [3.63, 3.8) is 0 Å². The monoisotopic (exact) mass is 479 g/mol. The van der Waals surface area contributed by atoms with E-state index >= 15 is 0 Å². The minimum absolute atomic E-state index is 0.137. The molecular formula is C24H27F2NO7. The Morgan fingerprint density at radius 3 is 2.12 bits per heavy atom. The molecule has 0 fully saturated rings. The van der Waals surface area contributed by atoms with Crippen LogP contribution in [0.4, 0.5) is 8.78 Å². The number of carbonyl (C=O) groups is 3. The third-order valence-electron chi connectivity index (χ3n) is 4.82. The number of amides is 1. The molecule has 0 aliphatic heterocycles. The summed E-state index contributed by atoms with van der Waals surface area (Å²) >= 11 is 0. The third-order valence-corrected chi connectivity index (χ3v) is 4.82. The Bertz CT molecular complexity index is 1020. The minimum Gasteiger partial charge on any atom is -0.497 e. The maximum atomic E-state index is 12.8. The molecule has 10 heteroatoms. The average molecular weight is 479 g/mol. The molecule has 2 aromatic carbocycles. The lowest BCUT2D eigenvalue weighted by Crippen LogP contribution is -2.45. The van der Waals surface area contributed by atoms with Crippen LogP contribution in [0.2, 0.25) is 0 Å². The third kappa shape index (κ3) is 7.16. The number of ether oxygens (including phenoxy) is 4. The summed E-state index contributed by atoms with van der Waals surface area (Å²) in [4.78, 5) is 38.0. The summed E-state index contributed by atoms with van der Waals surface area (Å²) < 4.78 is 45.1. The van der Waals surface area contributed by atoms with Crippen molar-refractivity contribution >= 4 is 17.7 Å². The molecule has 0 aliphatic carbocycles. The summed E-state index contributed by atoms with van der Waals surface area (Å²) in [5.74, 6) is -2.07. The van der Waals surface area contributed by atoms with Crippen molar-refractivity contribution in [3.8, 4) is 17.2 Å². The first-order valence-electron chi connectivity index (χ1n) is 10.3. The van der Waals surface area contributed by atoms with Crippen molar-refractivity contribution in [1.82, 2.24) is 5.32 Å². The van der Waals surface area contributed by atoms with E-state index in [1.54, 1.807) is 26.8 Å². The van der Waals surface area contributed by atoms with Gasteiger partial charge in [0.2, 0.25) is 5.78 Å². The zero-order chi connectivity index (χ0) is 25.4. The fourth-order valence-corrected chi connectivity index (χ4v) is 3.03. The van der Waals surface area contributed by atoms with Gasteiger partial charge < -0.3 is 24.3 Å². The Kier molecular flexibility index (Phi) is 9.35. The van der Waals surface area contributed by atoms with E-state index in [0.717, 1.165) is 0 Å². The van der Waals surface area contributed by atoms with E-state index in [1.165, 1.54) is 44.6 Å². The van der Waals surface area contributed by atoms with Crippen LogP contribution in [0.3, 0.4) is 0 Å². The van der Waals surface area contributed by atoms with Crippen molar-refractivity contribution in [3.05, 3.63) is 53.1 Å². The van der Waals surface area contributed by atoms with Crippen LogP contribution in [-0.2, 0) is 9.53 Å². The van der Waals surface area contributed by atoms with Crippen LogP contribution in [0.5, 0.6) is 17.2 Å². The Morgan fingerprint density at radius 1 is 0.971 bits per heavy atom. The lowest BCUT2D eigenvalue weighted by atomic mass is 10.0. The number of hydrogen-bond donors (Lipinski definition) is 1. The quantitative estimate of drug-likeness (QED) is 0.387. The summed E-state index contributed by atoms with van der Waals surface area (Å²) in [6, 6.07) is 7.60. The second-order valence-corrected chi connectivity index (χ2v) is 7.71. The van der Waals surface area contributed by atoms with Crippen molar-refractivity contribution in [2.75, 3.05) is 20.8 Å². The summed E-state index contributed by atoms with van der Waals surface area (Å²) in [6.45, 7) is 1.22. The molecule has 1 amide bonds. The van der Waals surface area contributed by atoms with E-state index in [0.29, 0.717) is 17.1 Å². The molecule has 0 saturated carbocycles. The fraction of sp³-hybridized carbons (Fsp3) is 0.375. The maximum Gasteiger partial charge on any atom is 0.387 e. The van der Waals surface area contributed by atoms with Crippen LogP contribution in [0.25, 0.3) is 0 Å². The van der Waals surface area contributed by atoms with Crippen LogP contribution in [0.1, 0.15) is 40.1 Å². The van der Waals surface area contributed by atoms with Gasteiger partial charge in [-0.25, -0.2) is 4.79 Å². The number of hydrogen-bond acceptors (Lipinski definition) is 7. The number of nitrogens with one attached hydrogen (secondary N) is 1. The predicted molar refractivity (Wildman–Crippen MR) is 119 cm³/mol. The molecule has 184 valence electrons. The summed E-state index contributed by atoms with van der Waals surface area (Å²) in [6.07, 6.45) is 0. The number of carbonyl (C=O) groups excluding carboxylic acids is 3. The van der Waals surface area contributed by atoms with E-state index in [-0.39, 0.29) is 22.8 Å². The van der Waals surface area contributed by atoms with Gasteiger partial charge in [-0.1, -0.05) is 25.5 Å². The molecule has 34 heavy (non-hydrogen) atoms. The number of alkyl halides is 2. The number of halogens is 2. The highest BCUT2D eigenvalue weighted by atomic mass is 19.3. The van der Waals surface area contributed by atoms with Gasteiger partial charge in [0.05, 0.1) is 19.8 Å². The first kappa shape index (κ1) is 26.6. The van der Waals surface area contributed by atoms with Crippen LogP contribution in [-0.4, -0.2) is 51.1 Å². The van der Waals surface area contributed by atoms with E-state index < -0.39 is 36.9 Å². The van der Waals surface area contributed by atoms with Crippen molar-refractivity contribution in [1.29, 1.82) is 0 Å². The molecule has 1 atom stereocenters. The summed E-state index contributed by atoms with van der Waals surface area (Å²) in [7, 11) is 2.88. The summed E-state index contributed by atoms with van der Waals surface area (Å²) in [5.41, 5.74) is 0.693. The number of methoxy groups -OCH3 is 2. The minimum atomic E-state index is -3.12. The van der Waals surface area contributed by atoms with E-state index in [9.17, 15) is 23.2 Å². The normalized spacial score (nSPS) is 11.7. The second kappa shape index (κ2) is 12.0. The number of ketones is 1. The van der Waals surface area contributed by atoms with Gasteiger partial charge in [0.25, 0.3) is 5.91 Å². The molecular weight excluding hydrogens is 452 g/mol. The molecule has 0 aliphatic rings. The molecule has 0 heterocycles.